The van der Waals surface area contributed by atoms with Crippen LogP contribution >= 0.6 is 0 Å². The van der Waals surface area contributed by atoms with Gasteiger partial charge in [-0.05, 0) is 57.7 Å². The normalized spacial score (nSPS) is 24.3. The lowest BCUT2D eigenvalue weighted by Gasteiger charge is -2.46. The molecule has 0 unspecified atom stereocenters. The lowest BCUT2D eigenvalue weighted by atomic mass is 9.68. The van der Waals surface area contributed by atoms with E-state index >= 15 is 0 Å². The molecular formula is C22H30N4O. The zero-order valence-electron chi connectivity index (χ0n) is 16.3. The lowest BCUT2D eigenvalue weighted by molar-refractivity contribution is -0.104. The minimum Gasteiger partial charge on any atom is -0.375 e. The number of aromatic nitrogens is 3. The Morgan fingerprint density at radius 3 is 2.70 bits per heavy atom. The molecule has 2 fully saturated rings. The highest BCUT2D eigenvalue weighted by atomic mass is 16.5. The Balaban J connectivity index is 1.45. The number of pyridine rings is 1. The van der Waals surface area contributed by atoms with Crippen LogP contribution in [0.1, 0.15) is 62.0 Å². The third-order valence-corrected chi connectivity index (χ3v) is 6.29. The van der Waals surface area contributed by atoms with Crippen LogP contribution in [0.2, 0.25) is 0 Å². The molecule has 2 aliphatic rings. The van der Waals surface area contributed by atoms with E-state index < -0.39 is 0 Å². The monoisotopic (exact) mass is 366 g/mol. The quantitative estimate of drug-likeness (QED) is 0.790. The molecule has 0 bridgehead atoms. The van der Waals surface area contributed by atoms with E-state index in [1.807, 2.05) is 31.6 Å². The van der Waals surface area contributed by atoms with Gasteiger partial charge in [0.25, 0.3) is 0 Å². The minimum absolute atomic E-state index is 0.0816. The number of hydrogen-bond donors (Lipinski definition) is 1. The number of hydrogen-bond acceptors (Lipinski definition) is 5. The predicted octanol–water partition coefficient (Wildman–Crippen LogP) is 3.72. The Labute approximate surface area is 162 Å². The van der Waals surface area contributed by atoms with Crippen LogP contribution in [0, 0.1) is 6.92 Å². The fraction of sp³-hybridized carbons (Fsp3) is 0.591. The van der Waals surface area contributed by atoms with Crippen LogP contribution in [0.25, 0.3) is 0 Å². The van der Waals surface area contributed by atoms with E-state index in [0.717, 1.165) is 50.3 Å². The number of nitrogens with one attached hydrogen (secondary N) is 1. The third-order valence-electron chi connectivity index (χ3n) is 6.29. The summed E-state index contributed by atoms with van der Waals surface area (Å²) in [5.41, 5.74) is 3.37. The van der Waals surface area contributed by atoms with Gasteiger partial charge < -0.3 is 10.1 Å². The van der Waals surface area contributed by atoms with Crippen molar-refractivity contribution in [3.63, 3.8) is 0 Å². The van der Waals surface area contributed by atoms with Crippen molar-refractivity contribution in [3.8, 4) is 0 Å². The maximum absolute atomic E-state index is 6.32. The van der Waals surface area contributed by atoms with E-state index in [0.29, 0.717) is 0 Å². The summed E-state index contributed by atoms with van der Waals surface area (Å²) in [7, 11) is 0. The van der Waals surface area contributed by atoms with Crippen molar-refractivity contribution in [2.24, 2.45) is 0 Å². The number of ether oxygens (including phenoxy) is 1. The van der Waals surface area contributed by atoms with Crippen LogP contribution in [0.4, 0.5) is 0 Å². The van der Waals surface area contributed by atoms with Crippen molar-refractivity contribution in [3.05, 3.63) is 53.9 Å². The molecule has 0 aromatic carbocycles. The van der Waals surface area contributed by atoms with E-state index in [4.69, 9.17) is 9.72 Å². The summed E-state index contributed by atoms with van der Waals surface area (Å²) in [4.78, 5) is 13.5. The smallest absolute Gasteiger partial charge is 0.0724 e. The summed E-state index contributed by atoms with van der Waals surface area (Å²) in [6, 6.07) is 6.34. The van der Waals surface area contributed by atoms with Gasteiger partial charge in [0.05, 0.1) is 17.0 Å². The molecule has 1 spiro atoms. The molecule has 2 aromatic heterocycles. The number of aryl methyl sites for hydroxylation is 1. The second kappa shape index (κ2) is 8.03. The first-order valence-electron chi connectivity index (χ1n) is 10.2. The van der Waals surface area contributed by atoms with Crippen LogP contribution in [0.3, 0.4) is 0 Å². The summed E-state index contributed by atoms with van der Waals surface area (Å²) < 4.78 is 6.32. The van der Waals surface area contributed by atoms with E-state index in [1.165, 1.54) is 31.4 Å². The SMILES string of the molecule is Cc1cnc(CNCC[C@]2(c3ccccn3)CCOC3(CCCC3)C2)cn1. The molecule has 144 valence electrons. The topological polar surface area (TPSA) is 59.9 Å². The second-order valence-corrected chi connectivity index (χ2v) is 8.24. The average molecular weight is 367 g/mol. The van der Waals surface area contributed by atoms with Crippen molar-refractivity contribution in [1.82, 2.24) is 20.3 Å². The molecule has 3 heterocycles. The Hall–Kier alpha value is -1.85. The molecule has 1 N–H and O–H groups in total. The van der Waals surface area contributed by atoms with Gasteiger partial charge in [0.15, 0.2) is 0 Å². The highest BCUT2D eigenvalue weighted by Crippen LogP contribution is 2.49. The lowest BCUT2D eigenvalue weighted by Crippen LogP contribution is -2.47. The summed E-state index contributed by atoms with van der Waals surface area (Å²) in [5, 5.41) is 3.57. The van der Waals surface area contributed by atoms with Gasteiger partial charge in [-0.25, -0.2) is 0 Å². The molecule has 4 rings (SSSR count). The molecule has 27 heavy (non-hydrogen) atoms. The van der Waals surface area contributed by atoms with Crippen LogP contribution in [-0.2, 0) is 16.7 Å². The van der Waals surface area contributed by atoms with Crippen molar-refractivity contribution in [2.45, 2.75) is 69.4 Å². The number of rotatable bonds is 6. The van der Waals surface area contributed by atoms with Gasteiger partial charge in [-0.1, -0.05) is 18.9 Å². The average Bonchev–Trinajstić information content (AvgIpc) is 3.15. The highest BCUT2D eigenvalue weighted by molar-refractivity contribution is 5.20. The number of nitrogens with zero attached hydrogens (tertiary/aromatic N) is 3. The minimum atomic E-state index is 0.0816. The maximum Gasteiger partial charge on any atom is 0.0724 e. The summed E-state index contributed by atoms with van der Waals surface area (Å²) >= 11 is 0. The first-order valence-corrected chi connectivity index (χ1v) is 10.2. The molecule has 2 aromatic rings. The molecule has 1 atom stereocenters. The molecule has 1 saturated carbocycles. The Morgan fingerprint density at radius 1 is 1.07 bits per heavy atom. The maximum atomic E-state index is 6.32. The van der Waals surface area contributed by atoms with Crippen LogP contribution in [0.5, 0.6) is 0 Å². The van der Waals surface area contributed by atoms with E-state index in [1.54, 1.807) is 0 Å². The molecule has 1 saturated heterocycles. The Morgan fingerprint density at radius 2 is 1.96 bits per heavy atom. The Kier molecular flexibility index (Phi) is 5.50. The second-order valence-electron chi connectivity index (χ2n) is 8.24. The van der Waals surface area contributed by atoms with Crippen LogP contribution in [-0.4, -0.2) is 33.7 Å². The fourth-order valence-electron chi connectivity index (χ4n) is 4.85. The standard InChI is InChI=1S/C22H30N4O/c1-18-14-26-19(16-25-18)15-23-12-9-21(20-6-2-5-11-24-20)10-13-27-22(17-21)7-3-4-8-22/h2,5-6,11,14,16,23H,3-4,7-10,12-13,15,17H2,1H3/t21-/m0/s1. The van der Waals surface area contributed by atoms with Gasteiger partial charge in [-0.2, -0.15) is 0 Å². The van der Waals surface area contributed by atoms with Crippen molar-refractivity contribution in [1.29, 1.82) is 0 Å². The molecule has 1 aliphatic heterocycles. The van der Waals surface area contributed by atoms with Crippen molar-refractivity contribution in [2.75, 3.05) is 13.2 Å². The van der Waals surface area contributed by atoms with Gasteiger partial charge in [-0.15, -0.1) is 0 Å². The van der Waals surface area contributed by atoms with Crippen molar-refractivity contribution >= 4 is 0 Å². The molecular weight excluding hydrogens is 336 g/mol. The van der Waals surface area contributed by atoms with Crippen molar-refractivity contribution < 1.29 is 4.74 Å². The molecule has 5 heteroatoms. The first kappa shape index (κ1) is 18.5. The van der Waals surface area contributed by atoms with Gasteiger partial charge in [0, 0.05) is 42.9 Å². The molecule has 0 radical (unpaired) electrons. The van der Waals surface area contributed by atoms with E-state index in [-0.39, 0.29) is 11.0 Å². The summed E-state index contributed by atoms with van der Waals surface area (Å²) in [6.07, 6.45) is 13.8. The largest absolute Gasteiger partial charge is 0.375 e. The van der Waals surface area contributed by atoms with Crippen LogP contribution in [0.15, 0.2) is 36.8 Å². The zero-order chi connectivity index (χ0) is 18.6. The van der Waals surface area contributed by atoms with Crippen LogP contribution < -0.4 is 5.32 Å². The van der Waals surface area contributed by atoms with Gasteiger partial charge in [-0.3, -0.25) is 15.0 Å². The summed E-state index contributed by atoms with van der Waals surface area (Å²) in [6.45, 7) is 4.51. The molecule has 0 amide bonds. The van der Waals surface area contributed by atoms with Gasteiger partial charge in [0.2, 0.25) is 0 Å². The van der Waals surface area contributed by atoms with Gasteiger partial charge in [0.1, 0.15) is 0 Å². The Bertz CT molecular complexity index is 728. The third kappa shape index (κ3) is 4.19. The molecule has 5 nitrogen and oxygen atoms in total. The fourth-order valence-corrected chi connectivity index (χ4v) is 4.85. The first-order chi connectivity index (χ1) is 13.2. The molecule has 1 aliphatic carbocycles. The van der Waals surface area contributed by atoms with E-state index in [2.05, 4.69) is 27.4 Å². The van der Waals surface area contributed by atoms with E-state index in [9.17, 15) is 0 Å². The van der Waals surface area contributed by atoms with Gasteiger partial charge >= 0.3 is 0 Å². The summed E-state index contributed by atoms with van der Waals surface area (Å²) in [5.74, 6) is 0. The zero-order valence-corrected chi connectivity index (χ0v) is 16.3. The predicted molar refractivity (Wildman–Crippen MR) is 105 cm³/mol. The highest BCUT2D eigenvalue weighted by Gasteiger charge is 2.48.